The highest BCUT2D eigenvalue weighted by Crippen LogP contribution is 2.21. The van der Waals surface area contributed by atoms with Gasteiger partial charge in [-0.15, -0.1) is 0 Å². The monoisotopic (exact) mass is 260 g/mol. The standard InChI is InChI=1S/C16H24N2O/c1-4-13-7-9-14(10-8-13)18-12-6-5-11-17-16(2,3)15(18)19/h7-10,17H,4-6,11-12H2,1-3H3. The van der Waals surface area contributed by atoms with Crippen LogP contribution in [0.4, 0.5) is 5.69 Å². The molecule has 19 heavy (non-hydrogen) atoms. The second-order valence-electron chi connectivity index (χ2n) is 5.74. The molecule has 0 spiro atoms. The van der Waals surface area contributed by atoms with Crippen molar-refractivity contribution in [1.29, 1.82) is 0 Å². The topological polar surface area (TPSA) is 32.3 Å². The molecule has 2 rings (SSSR count). The van der Waals surface area contributed by atoms with Gasteiger partial charge in [-0.1, -0.05) is 19.1 Å². The molecule has 0 unspecified atom stereocenters. The number of nitrogens with one attached hydrogen (secondary N) is 1. The maximum atomic E-state index is 12.6. The van der Waals surface area contributed by atoms with E-state index in [1.54, 1.807) is 0 Å². The lowest BCUT2D eigenvalue weighted by Gasteiger charge is -2.35. The van der Waals surface area contributed by atoms with E-state index >= 15 is 0 Å². The van der Waals surface area contributed by atoms with Crippen molar-refractivity contribution in [2.75, 3.05) is 18.0 Å². The molecule has 1 aromatic carbocycles. The average molecular weight is 260 g/mol. The predicted molar refractivity (Wildman–Crippen MR) is 79.5 cm³/mol. The van der Waals surface area contributed by atoms with Gasteiger partial charge in [-0.2, -0.15) is 0 Å². The van der Waals surface area contributed by atoms with Crippen LogP contribution in [0.3, 0.4) is 0 Å². The lowest BCUT2D eigenvalue weighted by molar-refractivity contribution is -0.124. The zero-order valence-electron chi connectivity index (χ0n) is 12.2. The van der Waals surface area contributed by atoms with E-state index in [0.717, 1.165) is 38.0 Å². The lowest BCUT2D eigenvalue weighted by Crippen LogP contribution is -2.56. The van der Waals surface area contributed by atoms with Gasteiger partial charge in [0, 0.05) is 12.2 Å². The summed E-state index contributed by atoms with van der Waals surface area (Å²) in [5.41, 5.74) is 1.84. The molecular formula is C16H24N2O. The quantitative estimate of drug-likeness (QED) is 0.887. The molecule has 1 amide bonds. The zero-order chi connectivity index (χ0) is 13.9. The second-order valence-corrected chi connectivity index (χ2v) is 5.74. The van der Waals surface area contributed by atoms with Gasteiger partial charge in [-0.05, 0) is 57.4 Å². The first-order chi connectivity index (χ1) is 9.04. The Labute approximate surface area is 116 Å². The van der Waals surface area contributed by atoms with Crippen molar-refractivity contribution in [3.63, 3.8) is 0 Å². The number of anilines is 1. The van der Waals surface area contributed by atoms with Crippen molar-refractivity contribution in [2.45, 2.75) is 45.6 Å². The van der Waals surface area contributed by atoms with Gasteiger partial charge in [0.05, 0.1) is 5.54 Å². The molecule has 0 bridgehead atoms. The van der Waals surface area contributed by atoms with Gasteiger partial charge in [-0.3, -0.25) is 4.79 Å². The smallest absolute Gasteiger partial charge is 0.246 e. The van der Waals surface area contributed by atoms with Crippen molar-refractivity contribution in [2.24, 2.45) is 0 Å². The molecule has 1 saturated heterocycles. The van der Waals surface area contributed by atoms with E-state index in [2.05, 4.69) is 36.5 Å². The molecule has 1 N–H and O–H groups in total. The van der Waals surface area contributed by atoms with Gasteiger partial charge in [-0.25, -0.2) is 0 Å². The summed E-state index contributed by atoms with van der Waals surface area (Å²) in [6.07, 6.45) is 3.19. The normalized spacial score (nSPS) is 19.9. The Morgan fingerprint density at radius 1 is 1.21 bits per heavy atom. The van der Waals surface area contributed by atoms with E-state index < -0.39 is 5.54 Å². The molecule has 1 aliphatic rings. The fourth-order valence-corrected chi connectivity index (χ4v) is 2.47. The molecule has 0 aromatic heterocycles. The van der Waals surface area contributed by atoms with Crippen LogP contribution >= 0.6 is 0 Å². The van der Waals surface area contributed by atoms with Crippen LogP contribution in [0.1, 0.15) is 39.2 Å². The zero-order valence-corrected chi connectivity index (χ0v) is 12.2. The van der Waals surface area contributed by atoms with E-state index in [0.29, 0.717) is 0 Å². The van der Waals surface area contributed by atoms with Crippen molar-refractivity contribution < 1.29 is 4.79 Å². The molecule has 0 aliphatic carbocycles. The summed E-state index contributed by atoms with van der Waals surface area (Å²) in [4.78, 5) is 14.6. The van der Waals surface area contributed by atoms with Crippen LogP contribution in [0, 0.1) is 0 Å². The number of amides is 1. The van der Waals surface area contributed by atoms with Gasteiger partial charge >= 0.3 is 0 Å². The summed E-state index contributed by atoms with van der Waals surface area (Å²) in [6, 6.07) is 8.35. The Morgan fingerprint density at radius 3 is 2.53 bits per heavy atom. The summed E-state index contributed by atoms with van der Waals surface area (Å²) < 4.78 is 0. The molecule has 1 aromatic rings. The Bertz CT molecular complexity index is 437. The van der Waals surface area contributed by atoms with Crippen molar-refractivity contribution >= 4 is 11.6 Å². The Balaban J connectivity index is 2.25. The highest BCUT2D eigenvalue weighted by atomic mass is 16.2. The first kappa shape index (κ1) is 14.1. The van der Waals surface area contributed by atoms with Gasteiger partial charge in [0.2, 0.25) is 5.91 Å². The molecule has 0 saturated carbocycles. The van der Waals surface area contributed by atoms with Crippen LogP contribution in [-0.4, -0.2) is 24.5 Å². The number of benzene rings is 1. The summed E-state index contributed by atoms with van der Waals surface area (Å²) in [5.74, 6) is 0.163. The van der Waals surface area contributed by atoms with Gasteiger partial charge < -0.3 is 10.2 Å². The lowest BCUT2D eigenvalue weighted by atomic mass is 10.00. The summed E-state index contributed by atoms with van der Waals surface area (Å²) in [6.45, 7) is 7.81. The largest absolute Gasteiger partial charge is 0.311 e. The number of carbonyl (C=O) groups is 1. The van der Waals surface area contributed by atoms with Crippen LogP contribution in [0.15, 0.2) is 24.3 Å². The fourth-order valence-electron chi connectivity index (χ4n) is 2.47. The van der Waals surface area contributed by atoms with Crippen LogP contribution in [0.25, 0.3) is 0 Å². The Morgan fingerprint density at radius 2 is 1.89 bits per heavy atom. The minimum atomic E-state index is -0.482. The van der Waals surface area contributed by atoms with E-state index in [9.17, 15) is 4.79 Å². The number of aryl methyl sites for hydroxylation is 1. The fraction of sp³-hybridized carbons (Fsp3) is 0.562. The number of nitrogens with zero attached hydrogens (tertiary/aromatic N) is 1. The molecular weight excluding hydrogens is 236 g/mol. The molecule has 3 heteroatoms. The first-order valence-electron chi connectivity index (χ1n) is 7.20. The maximum absolute atomic E-state index is 12.6. The minimum Gasteiger partial charge on any atom is -0.311 e. The maximum Gasteiger partial charge on any atom is 0.246 e. The van der Waals surface area contributed by atoms with Crippen LogP contribution in [0.5, 0.6) is 0 Å². The summed E-state index contributed by atoms with van der Waals surface area (Å²) in [5, 5.41) is 3.34. The second kappa shape index (κ2) is 5.74. The number of rotatable bonds is 2. The van der Waals surface area contributed by atoms with E-state index in [4.69, 9.17) is 0 Å². The van der Waals surface area contributed by atoms with E-state index in [-0.39, 0.29) is 5.91 Å². The SMILES string of the molecule is CCc1ccc(N2CCCCNC(C)(C)C2=O)cc1. The number of hydrogen-bond donors (Lipinski definition) is 1. The highest BCUT2D eigenvalue weighted by Gasteiger charge is 2.33. The van der Waals surface area contributed by atoms with E-state index in [1.807, 2.05) is 18.7 Å². The van der Waals surface area contributed by atoms with Gasteiger partial charge in [0.15, 0.2) is 0 Å². The van der Waals surface area contributed by atoms with Crippen molar-refractivity contribution in [3.05, 3.63) is 29.8 Å². The average Bonchev–Trinajstić information content (AvgIpc) is 2.41. The third-order valence-corrected chi connectivity index (χ3v) is 3.81. The molecule has 0 atom stereocenters. The molecule has 104 valence electrons. The number of hydrogen-bond acceptors (Lipinski definition) is 2. The van der Waals surface area contributed by atoms with Crippen molar-refractivity contribution in [1.82, 2.24) is 5.32 Å². The minimum absolute atomic E-state index is 0.163. The number of carbonyl (C=O) groups excluding carboxylic acids is 1. The molecule has 3 nitrogen and oxygen atoms in total. The molecule has 1 heterocycles. The van der Waals surface area contributed by atoms with Gasteiger partial charge in [0.25, 0.3) is 0 Å². The molecule has 0 radical (unpaired) electrons. The highest BCUT2D eigenvalue weighted by molar-refractivity contribution is 5.99. The molecule has 1 fully saturated rings. The summed E-state index contributed by atoms with van der Waals surface area (Å²) in [7, 11) is 0. The van der Waals surface area contributed by atoms with Gasteiger partial charge in [0.1, 0.15) is 0 Å². The predicted octanol–water partition coefficient (Wildman–Crippen LogP) is 2.74. The first-order valence-corrected chi connectivity index (χ1v) is 7.20. The summed E-state index contributed by atoms with van der Waals surface area (Å²) >= 11 is 0. The Hall–Kier alpha value is -1.35. The van der Waals surface area contributed by atoms with Crippen molar-refractivity contribution in [3.8, 4) is 0 Å². The van der Waals surface area contributed by atoms with Crippen LogP contribution in [0.2, 0.25) is 0 Å². The van der Waals surface area contributed by atoms with Crippen LogP contribution < -0.4 is 10.2 Å². The third kappa shape index (κ3) is 3.16. The Kier molecular flexibility index (Phi) is 4.25. The van der Waals surface area contributed by atoms with E-state index in [1.165, 1.54) is 5.56 Å². The van der Waals surface area contributed by atoms with Crippen LogP contribution in [-0.2, 0) is 11.2 Å². The molecule has 1 aliphatic heterocycles. The third-order valence-electron chi connectivity index (χ3n) is 3.81.